The van der Waals surface area contributed by atoms with Crippen molar-refractivity contribution < 1.29 is 9.59 Å². The molecular formula is C22H22N4O2. The number of rotatable bonds is 4. The molecule has 142 valence electrons. The molecule has 0 bridgehead atoms. The Bertz CT molecular complexity index is 1020. The first-order valence-electron chi connectivity index (χ1n) is 9.46. The molecule has 0 atom stereocenters. The highest BCUT2D eigenvalue weighted by Crippen LogP contribution is 2.33. The molecule has 1 aliphatic heterocycles. The summed E-state index contributed by atoms with van der Waals surface area (Å²) >= 11 is 0. The van der Waals surface area contributed by atoms with Crippen LogP contribution in [0, 0.1) is 0 Å². The minimum atomic E-state index is -0.516. The first-order chi connectivity index (χ1) is 13.6. The number of nitrogens with zero attached hydrogens (tertiary/aromatic N) is 2. The molecule has 0 unspecified atom stereocenters. The summed E-state index contributed by atoms with van der Waals surface area (Å²) in [4.78, 5) is 30.5. The van der Waals surface area contributed by atoms with Crippen molar-refractivity contribution in [3.05, 3.63) is 66.0 Å². The number of aromatic nitrogens is 1. The lowest BCUT2D eigenvalue weighted by molar-refractivity contribution is 0.0995. The van der Waals surface area contributed by atoms with Crippen LogP contribution < -0.4 is 16.0 Å². The van der Waals surface area contributed by atoms with E-state index >= 15 is 0 Å². The molecular weight excluding hydrogens is 352 g/mol. The summed E-state index contributed by atoms with van der Waals surface area (Å²) in [6.45, 7) is 2.10. The molecule has 0 spiro atoms. The van der Waals surface area contributed by atoms with Crippen LogP contribution in [0.5, 0.6) is 0 Å². The number of benzene rings is 2. The molecule has 2 aromatic carbocycles. The highest BCUT2D eigenvalue weighted by Gasteiger charge is 2.16. The Morgan fingerprint density at radius 1 is 0.893 bits per heavy atom. The second-order valence-electron chi connectivity index (χ2n) is 7.00. The molecule has 3 N–H and O–H groups in total. The van der Waals surface area contributed by atoms with Crippen molar-refractivity contribution in [1.29, 1.82) is 0 Å². The van der Waals surface area contributed by atoms with Gasteiger partial charge in [0.15, 0.2) is 0 Å². The molecule has 1 saturated heterocycles. The third-order valence-electron chi connectivity index (χ3n) is 5.17. The van der Waals surface area contributed by atoms with E-state index < -0.39 is 5.91 Å². The maximum atomic E-state index is 12.7. The molecule has 4 rings (SSSR count). The number of carbonyl (C=O) groups is 2. The Morgan fingerprint density at radius 3 is 2.32 bits per heavy atom. The number of nitrogens with one attached hydrogen (secondary N) is 1. The van der Waals surface area contributed by atoms with Crippen molar-refractivity contribution >= 4 is 34.0 Å². The lowest BCUT2D eigenvalue weighted by Crippen LogP contribution is -2.29. The van der Waals surface area contributed by atoms with Crippen LogP contribution in [0.3, 0.4) is 0 Å². The van der Waals surface area contributed by atoms with Gasteiger partial charge in [-0.3, -0.25) is 14.6 Å². The fourth-order valence-corrected chi connectivity index (χ4v) is 3.67. The van der Waals surface area contributed by atoms with Crippen LogP contribution in [0.1, 0.15) is 40.0 Å². The molecule has 0 aliphatic carbocycles. The normalized spacial score (nSPS) is 14.1. The maximum Gasteiger partial charge on any atom is 0.255 e. The standard InChI is InChI=1S/C22H22N4O2/c23-21(27)15-4-6-16(7-5-15)22(28)25-19-8-9-20(26-12-2-1-3-13-26)17-10-11-24-14-18(17)19/h4-11,14H,1-3,12-13H2,(H2,23,27)(H,25,28). The van der Waals surface area contributed by atoms with E-state index in [1.54, 1.807) is 36.7 Å². The number of nitrogens with two attached hydrogens (primary N) is 1. The third kappa shape index (κ3) is 3.53. The van der Waals surface area contributed by atoms with Gasteiger partial charge in [-0.25, -0.2) is 0 Å². The molecule has 28 heavy (non-hydrogen) atoms. The van der Waals surface area contributed by atoms with Gasteiger partial charge in [0.05, 0.1) is 5.69 Å². The number of piperidine rings is 1. The molecule has 3 aromatic rings. The van der Waals surface area contributed by atoms with E-state index in [1.807, 2.05) is 12.1 Å². The van der Waals surface area contributed by atoms with Crippen LogP contribution in [0.25, 0.3) is 10.8 Å². The van der Waals surface area contributed by atoms with Crippen molar-refractivity contribution in [2.24, 2.45) is 5.73 Å². The van der Waals surface area contributed by atoms with E-state index in [4.69, 9.17) is 5.73 Å². The van der Waals surface area contributed by atoms with Crippen LogP contribution in [0.15, 0.2) is 54.9 Å². The van der Waals surface area contributed by atoms with Gasteiger partial charge in [-0.05, 0) is 61.7 Å². The lowest BCUT2D eigenvalue weighted by atomic mass is 10.0. The molecule has 0 saturated carbocycles. The summed E-state index contributed by atoms with van der Waals surface area (Å²) in [5.74, 6) is -0.760. The molecule has 1 aromatic heterocycles. The number of amides is 2. The number of fused-ring (bicyclic) bond motifs is 1. The van der Waals surface area contributed by atoms with Crippen LogP contribution in [0.2, 0.25) is 0 Å². The van der Waals surface area contributed by atoms with Crippen LogP contribution in [-0.4, -0.2) is 29.9 Å². The summed E-state index contributed by atoms with van der Waals surface area (Å²) < 4.78 is 0. The van der Waals surface area contributed by atoms with E-state index in [0.717, 1.165) is 23.9 Å². The lowest BCUT2D eigenvalue weighted by Gasteiger charge is -2.30. The van der Waals surface area contributed by atoms with Gasteiger partial charge in [-0.2, -0.15) is 0 Å². The fourth-order valence-electron chi connectivity index (χ4n) is 3.67. The van der Waals surface area contributed by atoms with Gasteiger partial charge in [0.2, 0.25) is 5.91 Å². The number of pyridine rings is 1. The highest BCUT2D eigenvalue weighted by molar-refractivity contribution is 6.11. The third-order valence-corrected chi connectivity index (χ3v) is 5.17. The predicted octanol–water partition coefficient (Wildman–Crippen LogP) is 3.58. The Balaban J connectivity index is 1.64. The van der Waals surface area contributed by atoms with E-state index in [1.165, 1.54) is 24.9 Å². The average molecular weight is 374 g/mol. The molecule has 0 radical (unpaired) electrons. The number of hydrogen-bond donors (Lipinski definition) is 2. The SMILES string of the molecule is NC(=O)c1ccc(C(=O)Nc2ccc(N3CCCCC3)c3ccncc23)cc1. The minimum Gasteiger partial charge on any atom is -0.371 e. The first-order valence-corrected chi connectivity index (χ1v) is 9.46. The van der Waals surface area contributed by atoms with E-state index in [2.05, 4.69) is 21.3 Å². The Kier molecular flexibility index (Phi) is 4.93. The van der Waals surface area contributed by atoms with Crippen LogP contribution >= 0.6 is 0 Å². The van der Waals surface area contributed by atoms with Crippen LogP contribution in [0.4, 0.5) is 11.4 Å². The van der Waals surface area contributed by atoms with E-state index in [-0.39, 0.29) is 5.91 Å². The zero-order valence-corrected chi connectivity index (χ0v) is 15.5. The zero-order chi connectivity index (χ0) is 19.5. The molecule has 6 nitrogen and oxygen atoms in total. The van der Waals surface area contributed by atoms with Crippen molar-refractivity contribution in [2.75, 3.05) is 23.3 Å². The van der Waals surface area contributed by atoms with Gasteiger partial charge in [-0.15, -0.1) is 0 Å². The van der Waals surface area contributed by atoms with Gasteiger partial charge in [0.1, 0.15) is 0 Å². The first kappa shape index (κ1) is 18.0. The van der Waals surface area contributed by atoms with Crippen LogP contribution in [-0.2, 0) is 0 Å². The smallest absolute Gasteiger partial charge is 0.255 e. The highest BCUT2D eigenvalue weighted by atomic mass is 16.2. The number of anilines is 2. The summed E-state index contributed by atoms with van der Waals surface area (Å²) in [7, 11) is 0. The number of hydrogen-bond acceptors (Lipinski definition) is 4. The zero-order valence-electron chi connectivity index (χ0n) is 15.5. The number of primary amides is 1. The van der Waals surface area contributed by atoms with Crippen molar-refractivity contribution in [3.63, 3.8) is 0 Å². The molecule has 2 amide bonds. The Hall–Kier alpha value is -3.41. The predicted molar refractivity (Wildman–Crippen MR) is 111 cm³/mol. The van der Waals surface area contributed by atoms with E-state index in [9.17, 15) is 9.59 Å². The van der Waals surface area contributed by atoms with Gasteiger partial charge < -0.3 is 16.0 Å². The second-order valence-corrected chi connectivity index (χ2v) is 7.00. The Morgan fingerprint density at radius 2 is 1.61 bits per heavy atom. The average Bonchev–Trinajstić information content (AvgIpc) is 2.74. The summed E-state index contributed by atoms with van der Waals surface area (Å²) in [6.07, 6.45) is 7.25. The quantitative estimate of drug-likeness (QED) is 0.731. The summed E-state index contributed by atoms with van der Waals surface area (Å²) in [5.41, 5.74) is 7.98. The molecule has 6 heteroatoms. The van der Waals surface area contributed by atoms with Gasteiger partial charge in [-0.1, -0.05) is 0 Å². The summed E-state index contributed by atoms with van der Waals surface area (Å²) in [5, 5.41) is 4.96. The molecule has 1 aliphatic rings. The van der Waals surface area contributed by atoms with Crippen molar-refractivity contribution in [2.45, 2.75) is 19.3 Å². The Labute approximate surface area is 163 Å². The van der Waals surface area contributed by atoms with Gasteiger partial charge >= 0.3 is 0 Å². The maximum absolute atomic E-state index is 12.7. The number of carbonyl (C=O) groups excluding carboxylic acids is 2. The fraction of sp³-hybridized carbons (Fsp3) is 0.227. The summed E-state index contributed by atoms with van der Waals surface area (Å²) in [6, 6.07) is 12.3. The molecule has 2 heterocycles. The van der Waals surface area contributed by atoms with Gasteiger partial charge in [0.25, 0.3) is 5.91 Å². The minimum absolute atomic E-state index is 0.244. The van der Waals surface area contributed by atoms with E-state index in [0.29, 0.717) is 16.8 Å². The van der Waals surface area contributed by atoms with Crippen molar-refractivity contribution in [1.82, 2.24) is 4.98 Å². The van der Waals surface area contributed by atoms with Crippen molar-refractivity contribution in [3.8, 4) is 0 Å². The second kappa shape index (κ2) is 7.68. The van der Waals surface area contributed by atoms with Gasteiger partial charge in [0, 0.05) is 53.1 Å². The largest absolute Gasteiger partial charge is 0.371 e. The molecule has 1 fully saturated rings. The monoisotopic (exact) mass is 374 g/mol. The topological polar surface area (TPSA) is 88.3 Å².